The minimum absolute atomic E-state index is 0.875. The Morgan fingerprint density at radius 2 is 0.542 bits per heavy atom. The van der Waals surface area contributed by atoms with Crippen molar-refractivity contribution < 1.29 is 0 Å². The van der Waals surface area contributed by atoms with Gasteiger partial charge in [0.2, 0.25) is 0 Å². The smallest absolute Gasteiger partial charge is 0.000741 e. The summed E-state index contributed by atoms with van der Waals surface area (Å²) in [5, 5.41) is 10.7. The Labute approximate surface area is 423 Å². The Morgan fingerprint density at radius 1 is 0.236 bits per heavy atom. The molecule has 0 unspecified atom stereocenters. The molecule has 15 rings (SSSR count). The first-order chi connectivity index (χ1) is 35.4. The van der Waals surface area contributed by atoms with Crippen LogP contribution in [0.15, 0.2) is 224 Å². The van der Waals surface area contributed by atoms with Gasteiger partial charge >= 0.3 is 0 Å². The molecule has 0 aromatic heterocycles. The van der Waals surface area contributed by atoms with Crippen LogP contribution in [0.25, 0.3) is 143 Å². The molecule has 0 aliphatic heterocycles. The minimum atomic E-state index is 0.875. The molecule has 12 aromatic rings. The fourth-order valence-electron chi connectivity index (χ4n) is 12.8. The van der Waals surface area contributed by atoms with Crippen LogP contribution in [0, 0.1) is 18.8 Å². The van der Waals surface area contributed by atoms with Gasteiger partial charge in [-0.2, -0.15) is 0 Å². The number of aryl methyl sites for hydroxylation is 1. The first-order valence-corrected chi connectivity index (χ1v) is 25.9. The fourth-order valence-corrected chi connectivity index (χ4v) is 12.8. The molecular formula is C72H56. The molecule has 0 saturated heterocycles. The number of rotatable bonds is 5. The first-order valence-electron chi connectivity index (χ1n) is 25.9. The van der Waals surface area contributed by atoms with Gasteiger partial charge in [-0.3, -0.25) is 0 Å². The average Bonchev–Trinajstić information content (AvgIpc) is 4.05. The second-order valence-electron chi connectivity index (χ2n) is 20.8. The van der Waals surface area contributed by atoms with Gasteiger partial charge in [0.25, 0.3) is 0 Å². The lowest BCUT2D eigenvalue weighted by Gasteiger charge is -2.20. The van der Waals surface area contributed by atoms with E-state index >= 15 is 0 Å². The highest BCUT2D eigenvalue weighted by Crippen LogP contribution is 2.59. The third-order valence-corrected chi connectivity index (χ3v) is 15.5. The summed E-state index contributed by atoms with van der Waals surface area (Å²) in [6, 6.07) is 82.8. The Morgan fingerprint density at radius 3 is 1.00 bits per heavy atom. The molecule has 0 heterocycles. The van der Waals surface area contributed by atoms with Crippen molar-refractivity contribution in [1.82, 2.24) is 0 Å². The van der Waals surface area contributed by atoms with Crippen LogP contribution < -0.4 is 0 Å². The van der Waals surface area contributed by atoms with Gasteiger partial charge in [-0.1, -0.05) is 252 Å². The van der Waals surface area contributed by atoms with Crippen LogP contribution in [-0.2, 0) is 0 Å². The first kappa shape index (κ1) is 43.7. The van der Waals surface area contributed by atoms with Gasteiger partial charge in [-0.05, 0) is 174 Å². The second kappa shape index (κ2) is 17.5. The quantitative estimate of drug-likeness (QED) is 0.161. The zero-order valence-electron chi connectivity index (χ0n) is 41.7. The topological polar surface area (TPSA) is 0 Å². The highest BCUT2D eigenvalue weighted by molar-refractivity contribution is 6.30. The fraction of sp³-hybridized carbons (Fsp3) is 0.111. The predicted octanol–water partition coefficient (Wildman–Crippen LogP) is 20.9. The van der Waals surface area contributed by atoms with E-state index in [9.17, 15) is 0 Å². The van der Waals surface area contributed by atoms with Gasteiger partial charge in [-0.15, -0.1) is 0 Å². The number of fused-ring (bicyclic) bond motifs is 10. The van der Waals surface area contributed by atoms with E-state index in [0.717, 1.165) is 11.8 Å². The molecular weight excluding hydrogens is 865 g/mol. The van der Waals surface area contributed by atoms with E-state index in [1.165, 1.54) is 155 Å². The third kappa shape index (κ3) is 6.88. The summed E-state index contributed by atoms with van der Waals surface area (Å²) in [6.07, 6.45) is 1.36. The summed E-state index contributed by atoms with van der Waals surface area (Å²) < 4.78 is 0. The maximum atomic E-state index is 2.40. The van der Waals surface area contributed by atoms with Crippen molar-refractivity contribution >= 4 is 43.1 Å². The number of benzene rings is 12. The molecule has 72 heavy (non-hydrogen) atoms. The van der Waals surface area contributed by atoms with E-state index in [2.05, 4.69) is 259 Å². The highest BCUT2D eigenvalue weighted by atomic mass is 14.3. The van der Waals surface area contributed by atoms with Gasteiger partial charge in [0.15, 0.2) is 0 Å². The van der Waals surface area contributed by atoms with Gasteiger partial charge < -0.3 is 0 Å². The Bertz CT molecular complexity index is 3950. The van der Waals surface area contributed by atoms with E-state index in [4.69, 9.17) is 0 Å². The van der Waals surface area contributed by atoms with Gasteiger partial charge in [0, 0.05) is 0 Å². The van der Waals surface area contributed by atoms with Gasteiger partial charge in [0.05, 0.1) is 0 Å². The van der Waals surface area contributed by atoms with Crippen molar-refractivity contribution in [2.45, 2.75) is 41.0 Å². The summed E-state index contributed by atoms with van der Waals surface area (Å²) in [4.78, 5) is 0. The molecule has 0 amide bonds. The molecule has 3 aliphatic carbocycles. The summed E-state index contributed by atoms with van der Waals surface area (Å²) >= 11 is 0. The molecule has 0 heteroatoms. The summed E-state index contributed by atoms with van der Waals surface area (Å²) in [5.41, 5.74) is 25.2. The van der Waals surface area contributed by atoms with Crippen LogP contribution in [-0.4, -0.2) is 0 Å². The minimum Gasteiger partial charge on any atom is -0.0628 e. The average molecular weight is 921 g/mol. The zero-order chi connectivity index (χ0) is 48.6. The molecule has 0 radical (unpaired) electrons. The van der Waals surface area contributed by atoms with Crippen LogP contribution in [0.1, 0.15) is 39.7 Å². The molecule has 0 nitrogen and oxygen atoms in total. The van der Waals surface area contributed by atoms with E-state index in [0.29, 0.717) is 0 Å². The Hall–Kier alpha value is -8.32. The van der Waals surface area contributed by atoms with Crippen molar-refractivity contribution in [2.24, 2.45) is 11.8 Å². The Kier molecular flexibility index (Phi) is 10.6. The maximum absolute atomic E-state index is 2.40. The summed E-state index contributed by atoms with van der Waals surface area (Å²) in [6.45, 7) is 11.2. The van der Waals surface area contributed by atoms with E-state index in [1.54, 1.807) is 0 Å². The van der Waals surface area contributed by atoms with E-state index in [1.807, 2.05) is 0 Å². The largest absolute Gasteiger partial charge is 0.0628 e. The monoisotopic (exact) mass is 920 g/mol. The zero-order valence-corrected chi connectivity index (χ0v) is 41.7. The molecule has 0 spiro atoms. The third-order valence-electron chi connectivity index (χ3n) is 15.5. The second-order valence-corrected chi connectivity index (χ2v) is 20.8. The lowest BCUT2D eigenvalue weighted by molar-refractivity contribution is 0.469. The normalized spacial score (nSPS) is 12.0. The number of hydrogen-bond acceptors (Lipinski definition) is 0. The molecule has 0 fully saturated rings. The number of hydrogen-bond donors (Lipinski definition) is 0. The van der Waals surface area contributed by atoms with Crippen LogP contribution in [0.5, 0.6) is 0 Å². The van der Waals surface area contributed by atoms with Crippen molar-refractivity contribution in [2.75, 3.05) is 0 Å². The van der Waals surface area contributed by atoms with Gasteiger partial charge in [0.1, 0.15) is 0 Å². The standard InChI is InChI=1S/C48H28.C17H12.C7H16/c1-3-13-29(14-4-1)43-38-19-9-10-20-39(38)44(30-15-5-2-6-16-30)48-42-28-26-34(37-23-12-24-41(46(37)42)47(43)48)33-25-27-40-32-18-8-7-17-31(32)35-21-11-22-36(33)45(35)40;1-11-9-10-16-14-6-3-2-5-13(14)15-8-4-7-12(11)17(15)16;1-6(2)5-7(3)4/h1-28H;2-10H,1H3;6-7H,5H2,1-4H3. The van der Waals surface area contributed by atoms with E-state index < -0.39 is 0 Å². The van der Waals surface area contributed by atoms with Crippen molar-refractivity contribution in [3.63, 3.8) is 0 Å². The maximum Gasteiger partial charge on any atom is -0.000741 e. The molecule has 3 aliphatic rings. The lowest BCUT2D eigenvalue weighted by Crippen LogP contribution is -1.93. The molecule has 0 N–H and O–H groups in total. The SMILES string of the molecule is CC(C)CC(C)C.Cc1ccc2c3c(cccc13)-c1ccccc1-2.c1ccc(-c2c3c(c(-c4ccccc4)c4ccccc24)-c2ccc(-c4ccc5c6c(cccc46)-c4ccccc4-5)c4cccc-3c24)cc1. The highest BCUT2D eigenvalue weighted by Gasteiger charge is 2.32. The summed E-state index contributed by atoms with van der Waals surface area (Å²) in [5.74, 6) is 1.75. The lowest BCUT2D eigenvalue weighted by atomic mass is 9.82. The molecule has 0 saturated carbocycles. The molecule has 0 bridgehead atoms. The Balaban J connectivity index is 0.000000172. The van der Waals surface area contributed by atoms with Crippen LogP contribution >= 0.6 is 0 Å². The molecule has 12 aromatic carbocycles. The predicted molar refractivity (Wildman–Crippen MR) is 312 cm³/mol. The van der Waals surface area contributed by atoms with Gasteiger partial charge in [-0.25, -0.2) is 0 Å². The van der Waals surface area contributed by atoms with Crippen LogP contribution in [0.3, 0.4) is 0 Å². The molecule has 0 atom stereocenters. The van der Waals surface area contributed by atoms with Crippen LogP contribution in [0.4, 0.5) is 0 Å². The van der Waals surface area contributed by atoms with Crippen molar-refractivity contribution in [3.8, 4) is 100 Å². The van der Waals surface area contributed by atoms with Crippen molar-refractivity contribution in [1.29, 1.82) is 0 Å². The molecule has 344 valence electrons. The van der Waals surface area contributed by atoms with E-state index in [-0.39, 0.29) is 0 Å². The van der Waals surface area contributed by atoms with Crippen molar-refractivity contribution in [3.05, 3.63) is 230 Å². The van der Waals surface area contributed by atoms with Crippen LogP contribution in [0.2, 0.25) is 0 Å². The summed E-state index contributed by atoms with van der Waals surface area (Å²) in [7, 11) is 0.